The average Bonchev–Trinajstić information content (AvgIpc) is 3.24. The number of carbonyl (C=O) groups is 2. The molecule has 0 saturated carbocycles. The van der Waals surface area contributed by atoms with Gasteiger partial charge in [-0.2, -0.15) is 0 Å². The van der Waals surface area contributed by atoms with Crippen LogP contribution in [0.25, 0.3) is 21.8 Å². The summed E-state index contributed by atoms with van der Waals surface area (Å²) >= 11 is 1.16. The Bertz CT molecular complexity index is 1340. The first-order valence-electron chi connectivity index (χ1n) is 9.51. The molecule has 0 unspecified atom stereocenters. The molecule has 0 saturated heterocycles. The molecule has 1 amide bonds. The van der Waals surface area contributed by atoms with Gasteiger partial charge in [0.15, 0.2) is 11.5 Å². The predicted molar refractivity (Wildman–Crippen MR) is 121 cm³/mol. The molecule has 0 aliphatic heterocycles. The van der Waals surface area contributed by atoms with Gasteiger partial charge >= 0.3 is 5.97 Å². The highest BCUT2D eigenvalue weighted by molar-refractivity contribution is 7.14. The van der Waals surface area contributed by atoms with Crippen molar-refractivity contribution in [2.24, 2.45) is 0 Å². The summed E-state index contributed by atoms with van der Waals surface area (Å²) in [6.45, 7) is 0. The van der Waals surface area contributed by atoms with Gasteiger partial charge < -0.3 is 20.5 Å². The fourth-order valence-electron chi connectivity index (χ4n) is 3.14. The van der Waals surface area contributed by atoms with Crippen LogP contribution < -0.4 is 10.9 Å². The van der Waals surface area contributed by atoms with E-state index in [4.69, 9.17) is 5.11 Å². The molecule has 0 aliphatic rings. The smallest absolute Gasteiger partial charge is 0.358 e. The second-order valence-electron chi connectivity index (χ2n) is 6.87. The standard InChI is InChI=1S/C23H17N3O5S/c27-17(12-13-6-8-15(9-7-13)14-4-2-1-3-5-14)24-16-10-11-32-20(16)21-25-18(23(30)31)19(28)22(29)26-21/h1-11,28H,12H2,(H,24,27)(H,30,31)(H,25,26,29). The molecule has 0 atom stereocenters. The Morgan fingerprint density at radius 3 is 2.38 bits per heavy atom. The van der Waals surface area contributed by atoms with E-state index < -0.39 is 23.0 Å². The van der Waals surface area contributed by atoms with E-state index in [2.05, 4.69) is 15.3 Å². The van der Waals surface area contributed by atoms with Crippen molar-refractivity contribution in [2.45, 2.75) is 6.42 Å². The van der Waals surface area contributed by atoms with E-state index >= 15 is 0 Å². The van der Waals surface area contributed by atoms with Gasteiger partial charge in [-0.25, -0.2) is 9.78 Å². The molecule has 8 nitrogen and oxygen atoms in total. The number of nitrogens with one attached hydrogen (secondary N) is 2. The molecule has 0 radical (unpaired) electrons. The van der Waals surface area contributed by atoms with Gasteiger partial charge in [-0.05, 0) is 28.1 Å². The highest BCUT2D eigenvalue weighted by Gasteiger charge is 2.20. The molecule has 9 heteroatoms. The molecule has 32 heavy (non-hydrogen) atoms. The first-order valence-corrected chi connectivity index (χ1v) is 10.4. The second-order valence-corrected chi connectivity index (χ2v) is 7.78. The summed E-state index contributed by atoms with van der Waals surface area (Å²) in [4.78, 5) is 42.2. The van der Waals surface area contributed by atoms with Crippen LogP contribution in [0.4, 0.5) is 5.69 Å². The molecular weight excluding hydrogens is 430 g/mol. The summed E-state index contributed by atoms with van der Waals surface area (Å²) in [7, 11) is 0. The van der Waals surface area contributed by atoms with Crippen LogP contribution in [0.2, 0.25) is 0 Å². The maximum atomic E-state index is 12.6. The number of hydrogen-bond acceptors (Lipinski definition) is 6. The lowest BCUT2D eigenvalue weighted by Crippen LogP contribution is -2.17. The van der Waals surface area contributed by atoms with Gasteiger partial charge in [-0.3, -0.25) is 9.59 Å². The van der Waals surface area contributed by atoms with Crippen molar-refractivity contribution < 1.29 is 19.8 Å². The van der Waals surface area contributed by atoms with E-state index in [-0.39, 0.29) is 18.2 Å². The number of aromatic hydroxyl groups is 1. The Morgan fingerprint density at radius 1 is 1.00 bits per heavy atom. The number of rotatable bonds is 6. The SMILES string of the molecule is O=C(Cc1ccc(-c2ccccc2)cc1)Nc1ccsc1-c1nc(C(=O)O)c(O)c(=O)[nH]1. The summed E-state index contributed by atoms with van der Waals surface area (Å²) < 4.78 is 0. The van der Waals surface area contributed by atoms with Gasteiger partial charge in [0.2, 0.25) is 11.7 Å². The molecule has 160 valence electrons. The van der Waals surface area contributed by atoms with Crippen LogP contribution in [0.1, 0.15) is 16.1 Å². The molecule has 4 aromatic rings. The maximum Gasteiger partial charge on any atom is 0.358 e. The Morgan fingerprint density at radius 2 is 1.69 bits per heavy atom. The van der Waals surface area contributed by atoms with Crippen molar-refractivity contribution in [1.82, 2.24) is 9.97 Å². The molecule has 2 heterocycles. The first kappa shape index (κ1) is 21.0. The Hall–Kier alpha value is -4.24. The van der Waals surface area contributed by atoms with Crippen LogP contribution in [0.15, 0.2) is 70.8 Å². The molecular formula is C23H17N3O5S. The summed E-state index contributed by atoms with van der Waals surface area (Å²) in [5, 5.41) is 23.2. The number of thiophene rings is 1. The van der Waals surface area contributed by atoms with Crippen LogP contribution in [-0.2, 0) is 11.2 Å². The highest BCUT2D eigenvalue weighted by Crippen LogP contribution is 2.31. The lowest BCUT2D eigenvalue weighted by Gasteiger charge is -2.08. The van der Waals surface area contributed by atoms with E-state index in [0.717, 1.165) is 28.0 Å². The van der Waals surface area contributed by atoms with Crippen molar-refractivity contribution in [3.8, 4) is 27.6 Å². The molecule has 0 aliphatic carbocycles. The van der Waals surface area contributed by atoms with Crippen molar-refractivity contribution in [3.05, 3.63) is 87.7 Å². The molecule has 0 fully saturated rings. The number of amides is 1. The summed E-state index contributed by atoms with van der Waals surface area (Å²) in [6.07, 6.45) is 0.129. The fourth-order valence-corrected chi connectivity index (χ4v) is 3.93. The van der Waals surface area contributed by atoms with Gasteiger partial charge in [0.1, 0.15) is 0 Å². The van der Waals surface area contributed by atoms with E-state index in [1.807, 2.05) is 54.6 Å². The molecule has 0 bridgehead atoms. The van der Waals surface area contributed by atoms with Crippen LogP contribution >= 0.6 is 11.3 Å². The van der Waals surface area contributed by atoms with Gasteiger partial charge in [0.25, 0.3) is 5.56 Å². The van der Waals surface area contributed by atoms with E-state index in [1.165, 1.54) is 0 Å². The molecule has 4 rings (SSSR count). The minimum Gasteiger partial charge on any atom is -0.501 e. The summed E-state index contributed by atoms with van der Waals surface area (Å²) in [5.74, 6) is -2.84. The van der Waals surface area contributed by atoms with Crippen LogP contribution in [0, 0.1) is 0 Å². The average molecular weight is 447 g/mol. The number of H-pyrrole nitrogens is 1. The maximum absolute atomic E-state index is 12.6. The quantitative estimate of drug-likeness (QED) is 0.356. The minimum atomic E-state index is -1.53. The zero-order valence-corrected chi connectivity index (χ0v) is 17.3. The summed E-state index contributed by atoms with van der Waals surface area (Å²) in [6, 6.07) is 19.2. The van der Waals surface area contributed by atoms with E-state index in [0.29, 0.717) is 10.6 Å². The Labute approximate surface area is 185 Å². The third-order valence-electron chi connectivity index (χ3n) is 4.68. The number of carbonyl (C=O) groups excluding carboxylic acids is 1. The van der Waals surface area contributed by atoms with E-state index in [9.17, 15) is 19.5 Å². The normalized spacial score (nSPS) is 10.6. The highest BCUT2D eigenvalue weighted by atomic mass is 32.1. The molecule has 2 aromatic heterocycles. The molecule has 4 N–H and O–H groups in total. The number of benzene rings is 2. The zero-order chi connectivity index (χ0) is 22.7. The zero-order valence-electron chi connectivity index (χ0n) is 16.5. The van der Waals surface area contributed by atoms with Gasteiger partial charge in [0.05, 0.1) is 17.0 Å². The number of anilines is 1. The van der Waals surface area contributed by atoms with Crippen LogP contribution in [0.5, 0.6) is 5.75 Å². The van der Waals surface area contributed by atoms with Crippen molar-refractivity contribution in [1.29, 1.82) is 0 Å². The number of carboxylic acid groups (broad SMARTS) is 1. The van der Waals surface area contributed by atoms with E-state index in [1.54, 1.807) is 11.4 Å². The number of aromatic nitrogens is 2. The number of nitrogens with zero attached hydrogens (tertiary/aromatic N) is 1. The Balaban J connectivity index is 1.51. The number of carboxylic acids is 1. The van der Waals surface area contributed by atoms with Gasteiger partial charge in [-0.15, -0.1) is 11.3 Å². The van der Waals surface area contributed by atoms with Crippen LogP contribution in [0.3, 0.4) is 0 Å². The molecule has 2 aromatic carbocycles. The number of aromatic amines is 1. The third-order valence-corrected chi connectivity index (χ3v) is 5.60. The third kappa shape index (κ3) is 4.42. The second kappa shape index (κ2) is 8.86. The van der Waals surface area contributed by atoms with Crippen molar-refractivity contribution in [3.63, 3.8) is 0 Å². The molecule has 0 spiro atoms. The van der Waals surface area contributed by atoms with Crippen molar-refractivity contribution >= 4 is 28.9 Å². The van der Waals surface area contributed by atoms with Crippen molar-refractivity contribution in [2.75, 3.05) is 5.32 Å². The fraction of sp³-hybridized carbons (Fsp3) is 0.0435. The minimum absolute atomic E-state index is 0.0530. The number of aromatic carboxylic acids is 1. The van der Waals surface area contributed by atoms with Gasteiger partial charge in [-0.1, -0.05) is 54.6 Å². The predicted octanol–water partition coefficient (Wildman–Crippen LogP) is 3.75. The topological polar surface area (TPSA) is 132 Å². The lowest BCUT2D eigenvalue weighted by atomic mass is 10.0. The lowest BCUT2D eigenvalue weighted by molar-refractivity contribution is -0.115. The summed E-state index contributed by atoms with van der Waals surface area (Å²) in [5.41, 5.74) is 1.60. The monoisotopic (exact) mass is 447 g/mol. The number of hydrogen-bond donors (Lipinski definition) is 4. The largest absolute Gasteiger partial charge is 0.501 e. The first-order chi connectivity index (χ1) is 15.4. The van der Waals surface area contributed by atoms with Gasteiger partial charge in [0, 0.05) is 0 Å². The van der Waals surface area contributed by atoms with Crippen LogP contribution in [-0.4, -0.2) is 32.1 Å². The Kier molecular flexibility index (Phi) is 5.82.